The smallest absolute Gasteiger partial charge is 0.323 e. The molecule has 0 saturated heterocycles. The van der Waals surface area contributed by atoms with Crippen LogP contribution in [-0.2, 0) is 13.6 Å². The van der Waals surface area contributed by atoms with Crippen LogP contribution in [0.15, 0.2) is 67.3 Å². The summed E-state index contributed by atoms with van der Waals surface area (Å²) in [5.74, 6) is 1.34. The summed E-state index contributed by atoms with van der Waals surface area (Å²) < 4.78 is 1.74. The van der Waals surface area contributed by atoms with Crippen LogP contribution in [0.25, 0.3) is 11.1 Å². The Balaban J connectivity index is 1.46. The predicted molar refractivity (Wildman–Crippen MR) is 176 cm³/mol. The maximum atomic E-state index is 13.5. The van der Waals surface area contributed by atoms with Gasteiger partial charge >= 0.3 is 6.03 Å². The molecular formula is C33H42N10O2. The van der Waals surface area contributed by atoms with Crippen LogP contribution in [0, 0.1) is 11.3 Å². The Bertz CT molecular complexity index is 1550. The summed E-state index contributed by atoms with van der Waals surface area (Å²) in [6.07, 6.45) is 9.59. The third-order valence-corrected chi connectivity index (χ3v) is 7.50. The minimum Gasteiger partial charge on any atom is -0.391 e. The van der Waals surface area contributed by atoms with Crippen LogP contribution in [-0.4, -0.2) is 60.6 Å². The SMILES string of the molecule is CCCC(CCCN(C(=O)NCc1ccccc1)c1ccc(-c2cnn(C)c2)cn1)Nc1ncc(C#N)c(NC(C)C(C)O)n1. The molecule has 4 rings (SSSR count). The van der Waals surface area contributed by atoms with Gasteiger partial charge in [0, 0.05) is 49.7 Å². The van der Waals surface area contributed by atoms with Gasteiger partial charge in [-0.3, -0.25) is 9.58 Å². The molecule has 45 heavy (non-hydrogen) atoms. The lowest BCUT2D eigenvalue weighted by molar-refractivity contribution is 0.177. The molecule has 12 nitrogen and oxygen atoms in total. The topological polar surface area (TPSA) is 157 Å². The van der Waals surface area contributed by atoms with E-state index in [-0.39, 0.29) is 18.1 Å². The van der Waals surface area contributed by atoms with Crippen LogP contribution in [0.4, 0.5) is 22.4 Å². The van der Waals surface area contributed by atoms with E-state index in [2.05, 4.69) is 49.0 Å². The number of rotatable bonds is 15. The number of nitrogens with one attached hydrogen (secondary N) is 3. The number of hydrogen-bond acceptors (Lipinski definition) is 9. The number of urea groups is 1. The number of aryl methyl sites for hydroxylation is 1. The molecule has 0 radical (unpaired) electrons. The fraction of sp³-hybridized carbons (Fsp3) is 0.394. The Morgan fingerprint density at radius 1 is 1.04 bits per heavy atom. The van der Waals surface area contributed by atoms with Gasteiger partial charge in [-0.1, -0.05) is 43.7 Å². The number of carbonyl (C=O) groups excluding carboxylic acids is 1. The van der Waals surface area contributed by atoms with Crippen molar-refractivity contribution >= 4 is 23.6 Å². The molecule has 1 aromatic carbocycles. The molecule has 0 aliphatic carbocycles. The van der Waals surface area contributed by atoms with E-state index in [1.165, 1.54) is 6.20 Å². The number of aliphatic hydroxyl groups is 1. The third kappa shape index (κ3) is 9.48. The molecule has 0 aliphatic heterocycles. The number of carbonyl (C=O) groups is 1. The van der Waals surface area contributed by atoms with Crippen molar-refractivity contribution in [1.82, 2.24) is 30.0 Å². The minimum atomic E-state index is -0.621. The van der Waals surface area contributed by atoms with Crippen molar-refractivity contribution in [3.05, 3.63) is 78.4 Å². The van der Waals surface area contributed by atoms with E-state index >= 15 is 0 Å². The van der Waals surface area contributed by atoms with E-state index in [9.17, 15) is 15.2 Å². The second-order valence-electron chi connectivity index (χ2n) is 11.1. The number of aliphatic hydroxyl groups excluding tert-OH is 1. The molecule has 0 spiro atoms. The molecule has 4 N–H and O–H groups in total. The number of anilines is 3. The molecular weight excluding hydrogens is 568 g/mol. The Morgan fingerprint density at radius 3 is 2.49 bits per heavy atom. The van der Waals surface area contributed by atoms with Gasteiger partial charge in [0.25, 0.3) is 0 Å². The lowest BCUT2D eigenvalue weighted by atomic mass is 10.1. The fourth-order valence-corrected chi connectivity index (χ4v) is 4.77. The van der Waals surface area contributed by atoms with Crippen molar-refractivity contribution in [1.29, 1.82) is 5.26 Å². The van der Waals surface area contributed by atoms with Gasteiger partial charge in [0.05, 0.1) is 24.5 Å². The van der Waals surface area contributed by atoms with Crippen molar-refractivity contribution in [2.75, 3.05) is 22.1 Å². The van der Waals surface area contributed by atoms with Gasteiger partial charge in [0.15, 0.2) is 0 Å². The fourth-order valence-electron chi connectivity index (χ4n) is 4.77. The average Bonchev–Trinajstić information content (AvgIpc) is 3.49. The lowest BCUT2D eigenvalue weighted by Crippen LogP contribution is -2.41. The number of benzene rings is 1. The maximum Gasteiger partial charge on any atom is 0.323 e. The molecule has 0 aliphatic rings. The quantitative estimate of drug-likeness (QED) is 0.144. The van der Waals surface area contributed by atoms with Crippen LogP contribution < -0.4 is 20.9 Å². The first kappa shape index (κ1) is 32.9. The second-order valence-corrected chi connectivity index (χ2v) is 11.1. The minimum absolute atomic E-state index is 0.0418. The summed E-state index contributed by atoms with van der Waals surface area (Å²) in [5, 5.41) is 33.2. The second kappa shape index (κ2) is 16.2. The van der Waals surface area contributed by atoms with Crippen molar-refractivity contribution in [2.24, 2.45) is 7.05 Å². The Morgan fingerprint density at radius 2 is 1.84 bits per heavy atom. The predicted octanol–water partition coefficient (Wildman–Crippen LogP) is 5.10. The van der Waals surface area contributed by atoms with Gasteiger partial charge in [-0.25, -0.2) is 14.8 Å². The molecule has 3 unspecified atom stereocenters. The summed E-state index contributed by atoms with van der Waals surface area (Å²) in [4.78, 5) is 28.7. The highest BCUT2D eigenvalue weighted by Gasteiger charge is 2.19. The van der Waals surface area contributed by atoms with Crippen LogP contribution in [0.3, 0.4) is 0 Å². The van der Waals surface area contributed by atoms with E-state index in [0.717, 1.165) is 36.0 Å². The van der Waals surface area contributed by atoms with Crippen LogP contribution in [0.5, 0.6) is 0 Å². The van der Waals surface area contributed by atoms with Gasteiger partial charge < -0.3 is 21.1 Å². The van der Waals surface area contributed by atoms with E-state index in [0.29, 0.717) is 42.7 Å². The Kier molecular flexibility index (Phi) is 11.8. The molecule has 3 aromatic heterocycles. The largest absolute Gasteiger partial charge is 0.391 e. The summed E-state index contributed by atoms with van der Waals surface area (Å²) in [5.41, 5.74) is 3.19. The molecule has 4 aromatic rings. The van der Waals surface area contributed by atoms with Crippen molar-refractivity contribution in [2.45, 2.75) is 71.2 Å². The first-order valence-electron chi connectivity index (χ1n) is 15.3. The number of nitriles is 1. The van der Waals surface area contributed by atoms with Gasteiger partial charge in [0.1, 0.15) is 23.3 Å². The Labute approximate surface area is 264 Å². The molecule has 3 atom stereocenters. The van der Waals surface area contributed by atoms with Crippen LogP contribution in [0.1, 0.15) is 57.6 Å². The first-order valence-corrected chi connectivity index (χ1v) is 15.3. The summed E-state index contributed by atoms with van der Waals surface area (Å²) >= 11 is 0. The summed E-state index contributed by atoms with van der Waals surface area (Å²) in [7, 11) is 1.87. The number of aromatic nitrogens is 5. The molecule has 3 heterocycles. The number of pyridine rings is 1. The normalized spacial score (nSPS) is 12.9. The standard InChI is InChI=1S/C33H42N10O2/c1-5-10-29(40-32-36-20-27(17-34)31(41-32)39-23(2)24(3)44)13-9-16-43(33(45)37-18-25-11-7-6-8-12-25)30-15-14-26(19-35-30)28-21-38-42(4)22-28/h6-8,11-12,14-15,19-24,29,44H,5,9-10,13,16,18H2,1-4H3,(H,37,45)(H2,36,39,40,41). The zero-order valence-corrected chi connectivity index (χ0v) is 26.3. The third-order valence-electron chi connectivity index (χ3n) is 7.50. The van der Waals surface area contributed by atoms with E-state index in [1.54, 1.807) is 28.9 Å². The molecule has 236 valence electrons. The van der Waals surface area contributed by atoms with Crippen molar-refractivity contribution in [3.63, 3.8) is 0 Å². The molecule has 0 saturated carbocycles. The number of hydrogen-bond donors (Lipinski definition) is 4. The monoisotopic (exact) mass is 610 g/mol. The molecule has 12 heteroatoms. The van der Waals surface area contributed by atoms with Crippen LogP contribution in [0.2, 0.25) is 0 Å². The average molecular weight is 611 g/mol. The number of amides is 2. The highest BCUT2D eigenvalue weighted by molar-refractivity contribution is 5.91. The Hall–Kier alpha value is -5.02. The summed E-state index contributed by atoms with van der Waals surface area (Å²) in [6, 6.07) is 15.2. The van der Waals surface area contributed by atoms with Crippen LogP contribution >= 0.6 is 0 Å². The first-order chi connectivity index (χ1) is 21.8. The van der Waals surface area contributed by atoms with Gasteiger partial charge in [-0.2, -0.15) is 15.3 Å². The highest BCUT2D eigenvalue weighted by atomic mass is 16.3. The molecule has 2 amide bonds. The lowest BCUT2D eigenvalue weighted by Gasteiger charge is -2.24. The van der Waals surface area contributed by atoms with Crippen molar-refractivity contribution in [3.8, 4) is 17.2 Å². The summed E-state index contributed by atoms with van der Waals surface area (Å²) in [6.45, 7) is 6.47. The van der Waals surface area contributed by atoms with E-state index in [1.807, 2.05) is 62.6 Å². The maximum absolute atomic E-state index is 13.5. The zero-order valence-electron chi connectivity index (χ0n) is 26.3. The highest BCUT2D eigenvalue weighted by Crippen LogP contribution is 2.22. The zero-order chi connectivity index (χ0) is 32.2. The molecule has 0 bridgehead atoms. The van der Waals surface area contributed by atoms with Crippen molar-refractivity contribution < 1.29 is 9.90 Å². The van der Waals surface area contributed by atoms with E-state index in [4.69, 9.17) is 0 Å². The van der Waals surface area contributed by atoms with Gasteiger partial charge in [-0.05, 0) is 50.8 Å². The molecule has 0 fully saturated rings. The van der Waals surface area contributed by atoms with Gasteiger partial charge in [0.2, 0.25) is 5.95 Å². The van der Waals surface area contributed by atoms with E-state index < -0.39 is 6.10 Å². The van der Waals surface area contributed by atoms with Gasteiger partial charge in [-0.15, -0.1) is 0 Å². The number of nitrogens with zero attached hydrogens (tertiary/aromatic N) is 7.